The van der Waals surface area contributed by atoms with Gasteiger partial charge in [-0.1, -0.05) is 0 Å². The molecule has 1 amide bonds. The Hall–Kier alpha value is -3.87. The first-order chi connectivity index (χ1) is 13.7. The molecule has 0 unspecified atom stereocenters. The quantitative estimate of drug-likeness (QED) is 0.439. The number of aromatic nitrogens is 3. The normalized spacial score (nSPS) is 17.4. The lowest BCUT2D eigenvalue weighted by Crippen LogP contribution is -2.40. The molecule has 3 aliphatic rings. The van der Waals surface area contributed by atoms with Crippen molar-refractivity contribution in [1.29, 1.82) is 0 Å². The molecule has 28 heavy (non-hydrogen) atoms. The van der Waals surface area contributed by atoms with Gasteiger partial charge in [-0.25, -0.2) is 0 Å². The molecule has 7 heteroatoms. The number of nitrogens with zero attached hydrogens (tertiary/aromatic N) is 2. The number of nitrogens with two attached hydrogens (primary N) is 1. The number of hydrazine groups is 1. The number of carbonyl (C=O) groups excluding carboxylic acids is 1. The van der Waals surface area contributed by atoms with Crippen molar-refractivity contribution in [1.82, 2.24) is 25.1 Å². The first kappa shape index (κ1) is 15.2. The molecule has 5 N–H and O–H groups in total. The molecular weight excluding hydrogens is 352 g/mol. The lowest BCUT2D eigenvalue weighted by atomic mass is 10.1. The van der Waals surface area contributed by atoms with Gasteiger partial charge in [-0.2, -0.15) is 0 Å². The zero-order valence-corrected chi connectivity index (χ0v) is 15.0. The van der Waals surface area contributed by atoms with Crippen molar-refractivity contribution in [2.75, 3.05) is 5.84 Å². The minimum absolute atomic E-state index is 0.198. The largest absolute Gasteiger partial charge is 0.355 e. The lowest BCUT2D eigenvalue weighted by Gasteiger charge is -2.23. The fourth-order valence-corrected chi connectivity index (χ4v) is 4.16. The van der Waals surface area contributed by atoms with Crippen LogP contribution in [-0.4, -0.2) is 25.6 Å². The highest BCUT2D eigenvalue weighted by molar-refractivity contribution is 6.18. The molecule has 7 nitrogen and oxygen atoms in total. The second kappa shape index (κ2) is 5.32. The standard InChI is InChI=1S/C21H18N6O/c22-26-15-6-8-19(26)20-18-7-3-13(24-18)9-12-1-2-14(23-12)10-16-4-5-17(11-15)27(16)25-21(20)28/h1-3,6-11,23-24H,4-5,22H2,(H,25,28). The number of nitrogens with one attached hydrogen (secondary N) is 3. The van der Waals surface area contributed by atoms with Crippen molar-refractivity contribution < 1.29 is 4.79 Å². The van der Waals surface area contributed by atoms with E-state index in [-0.39, 0.29) is 5.91 Å². The topological polar surface area (TPSA) is 94.9 Å². The van der Waals surface area contributed by atoms with E-state index in [2.05, 4.69) is 21.5 Å². The van der Waals surface area contributed by atoms with Crippen LogP contribution >= 0.6 is 0 Å². The van der Waals surface area contributed by atoms with Gasteiger partial charge in [0.1, 0.15) is 0 Å². The molecular formula is C21H18N6O. The molecule has 6 rings (SSSR count). The molecule has 0 saturated carbocycles. The fraction of sp³-hybridized carbons (Fsp3) is 0.0952. The van der Waals surface area contributed by atoms with Crippen molar-refractivity contribution in [3.63, 3.8) is 0 Å². The molecule has 3 aliphatic heterocycles. The van der Waals surface area contributed by atoms with E-state index in [9.17, 15) is 4.79 Å². The third-order valence-corrected chi connectivity index (χ3v) is 5.51. The van der Waals surface area contributed by atoms with Crippen molar-refractivity contribution in [3.05, 3.63) is 81.3 Å². The summed E-state index contributed by atoms with van der Waals surface area (Å²) >= 11 is 0. The predicted octanol–water partition coefficient (Wildman–Crippen LogP) is 0.722. The van der Waals surface area contributed by atoms with Crippen LogP contribution in [0.5, 0.6) is 0 Å². The molecule has 1 saturated heterocycles. The third kappa shape index (κ3) is 2.13. The Labute approximate surface area is 160 Å². The highest BCUT2D eigenvalue weighted by Crippen LogP contribution is 2.33. The Morgan fingerprint density at radius 1 is 0.857 bits per heavy atom. The van der Waals surface area contributed by atoms with E-state index >= 15 is 0 Å². The van der Waals surface area contributed by atoms with Crippen molar-refractivity contribution in [3.8, 4) is 0 Å². The van der Waals surface area contributed by atoms with Crippen LogP contribution < -0.4 is 22.0 Å². The Balaban J connectivity index is 1.75. The minimum atomic E-state index is -0.198. The molecule has 1 fully saturated rings. The van der Waals surface area contributed by atoms with Crippen LogP contribution in [-0.2, 0) is 4.79 Å². The summed E-state index contributed by atoms with van der Waals surface area (Å²) in [7, 11) is 0. The molecule has 3 aromatic heterocycles. The van der Waals surface area contributed by atoms with E-state index in [0.717, 1.165) is 52.0 Å². The van der Waals surface area contributed by atoms with Gasteiger partial charge in [0.2, 0.25) is 0 Å². The van der Waals surface area contributed by atoms with E-state index in [1.807, 2.05) is 53.6 Å². The maximum Gasteiger partial charge on any atom is 0.274 e. The number of hydrogen-bond acceptors (Lipinski definition) is 3. The third-order valence-electron chi connectivity index (χ3n) is 5.51. The highest BCUT2D eigenvalue weighted by atomic mass is 16.2. The molecule has 3 aromatic rings. The predicted molar refractivity (Wildman–Crippen MR) is 107 cm³/mol. The number of hydrogen-bond donors (Lipinski definition) is 4. The Kier molecular flexibility index (Phi) is 2.89. The van der Waals surface area contributed by atoms with Gasteiger partial charge < -0.3 is 15.8 Å². The summed E-state index contributed by atoms with van der Waals surface area (Å²) < 4.78 is 1.58. The van der Waals surface area contributed by atoms with Gasteiger partial charge >= 0.3 is 0 Å². The Morgan fingerprint density at radius 3 is 2.50 bits per heavy atom. The molecule has 8 bridgehead atoms. The van der Waals surface area contributed by atoms with E-state index < -0.39 is 0 Å². The average Bonchev–Trinajstić information content (AvgIpc) is 3.44. The van der Waals surface area contributed by atoms with E-state index in [1.54, 1.807) is 4.68 Å². The molecule has 0 aromatic carbocycles. The SMILES string of the molecule is Nn1c2ccc1C1=c3ccc([nH]3)=Cc3ccc([nH]3)C=C3CCC(=C2)N3NC1=O. The van der Waals surface area contributed by atoms with Gasteiger partial charge in [-0.05, 0) is 67.5 Å². The van der Waals surface area contributed by atoms with Crippen LogP contribution in [0.3, 0.4) is 0 Å². The minimum Gasteiger partial charge on any atom is -0.355 e. The second-order valence-electron chi connectivity index (χ2n) is 7.28. The average molecular weight is 370 g/mol. The van der Waals surface area contributed by atoms with Crippen LogP contribution in [0.2, 0.25) is 0 Å². The number of aromatic amines is 2. The van der Waals surface area contributed by atoms with Gasteiger partial charge in [0.05, 0.1) is 22.3 Å². The summed E-state index contributed by atoms with van der Waals surface area (Å²) in [6.45, 7) is 0. The molecule has 0 aliphatic carbocycles. The van der Waals surface area contributed by atoms with Gasteiger partial charge in [0.25, 0.3) is 5.91 Å². The number of nitrogen functional groups attached to an aromatic ring is 1. The van der Waals surface area contributed by atoms with Crippen LogP contribution in [0.25, 0.3) is 23.8 Å². The number of allylic oxidation sites excluding steroid dienone is 2. The molecule has 138 valence electrons. The van der Waals surface area contributed by atoms with E-state index in [1.165, 1.54) is 0 Å². The summed E-state index contributed by atoms with van der Waals surface area (Å²) in [5.74, 6) is 6.16. The van der Waals surface area contributed by atoms with E-state index in [4.69, 9.17) is 5.84 Å². The number of fused-ring (bicyclic) bond motifs is 9. The van der Waals surface area contributed by atoms with Gasteiger partial charge in [-0.3, -0.25) is 19.9 Å². The van der Waals surface area contributed by atoms with Gasteiger partial charge in [-0.15, -0.1) is 0 Å². The van der Waals surface area contributed by atoms with E-state index in [0.29, 0.717) is 11.3 Å². The van der Waals surface area contributed by atoms with Crippen LogP contribution in [0.1, 0.15) is 35.6 Å². The smallest absolute Gasteiger partial charge is 0.274 e. The summed E-state index contributed by atoms with van der Waals surface area (Å²) in [5.41, 5.74) is 9.17. The van der Waals surface area contributed by atoms with Gasteiger partial charge in [0.15, 0.2) is 0 Å². The van der Waals surface area contributed by atoms with Crippen molar-refractivity contribution >= 4 is 29.7 Å². The number of H-pyrrole nitrogens is 2. The summed E-state index contributed by atoms with van der Waals surface area (Å²) in [4.78, 5) is 20.1. The molecule has 0 atom stereocenters. The van der Waals surface area contributed by atoms with Crippen molar-refractivity contribution in [2.45, 2.75) is 12.8 Å². The van der Waals surface area contributed by atoms with Gasteiger partial charge in [0, 0.05) is 28.1 Å². The number of amides is 1. The van der Waals surface area contributed by atoms with Crippen LogP contribution in [0.4, 0.5) is 0 Å². The Bertz CT molecular complexity index is 1330. The monoisotopic (exact) mass is 370 g/mol. The summed E-state index contributed by atoms with van der Waals surface area (Å²) in [5, 5.41) is 3.52. The zero-order valence-electron chi connectivity index (χ0n) is 15.0. The van der Waals surface area contributed by atoms with Crippen LogP contribution in [0, 0.1) is 0 Å². The first-order valence-electron chi connectivity index (χ1n) is 9.25. The molecule has 6 heterocycles. The number of rotatable bonds is 0. The summed E-state index contributed by atoms with van der Waals surface area (Å²) in [6.07, 6.45) is 7.81. The zero-order chi connectivity index (χ0) is 18.8. The molecule has 0 radical (unpaired) electrons. The number of carbonyl (C=O) groups is 1. The fourth-order valence-electron chi connectivity index (χ4n) is 4.16. The first-order valence-corrected chi connectivity index (χ1v) is 9.25. The Morgan fingerprint density at radius 2 is 1.64 bits per heavy atom. The lowest BCUT2D eigenvalue weighted by molar-refractivity contribution is -0.118. The summed E-state index contributed by atoms with van der Waals surface area (Å²) in [6, 6.07) is 11.8. The molecule has 0 spiro atoms. The maximum atomic E-state index is 13.4. The van der Waals surface area contributed by atoms with Crippen molar-refractivity contribution in [2.24, 2.45) is 0 Å². The second-order valence-corrected chi connectivity index (χ2v) is 7.28. The highest BCUT2D eigenvalue weighted by Gasteiger charge is 2.29. The van der Waals surface area contributed by atoms with Crippen LogP contribution in [0.15, 0.2) is 47.8 Å². The maximum absolute atomic E-state index is 13.4.